The lowest BCUT2D eigenvalue weighted by atomic mass is 10.1. The third-order valence-electron chi connectivity index (χ3n) is 1.86. The molecular formula is C10H22OS. The van der Waals surface area contributed by atoms with Crippen LogP contribution in [0.25, 0.3) is 0 Å². The SMILES string of the molecule is CCCCCCCCOC(C)S. The highest BCUT2D eigenvalue weighted by atomic mass is 32.1. The number of hydrogen-bond donors (Lipinski definition) is 1. The lowest BCUT2D eigenvalue weighted by Gasteiger charge is -2.05. The van der Waals surface area contributed by atoms with Gasteiger partial charge >= 0.3 is 0 Å². The predicted molar refractivity (Wildman–Crippen MR) is 57.8 cm³/mol. The first-order chi connectivity index (χ1) is 5.77. The quantitative estimate of drug-likeness (QED) is 0.349. The van der Waals surface area contributed by atoms with Crippen LogP contribution in [0.2, 0.25) is 0 Å². The number of rotatable bonds is 8. The van der Waals surface area contributed by atoms with Crippen molar-refractivity contribution in [3.63, 3.8) is 0 Å². The molecule has 0 fully saturated rings. The van der Waals surface area contributed by atoms with Crippen LogP contribution in [0.1, 0.15) is 52.4 Å². The first kappa shape index (κ1) is 12.3. The Morgan fingerprint density at radius 2 is 1.67 bits per heavy atom. The third-order valence-corrected chi connectivity index (χ3v) is 2.01. The standard InChI is InChI=1S/C10H22OS/c1-3-4-5-6-7-8-9-11-10(2)12/h10,12H,3-9H2,1-2H3. The van der Waals surface area contributed by atoms with Gasteiger partial charge in [0.1, 0.15) is 0 Å². The summed E-state index contributed by atoms with van der Waals surface area (Å²) in [5.74, 6) is 0. The number of hydrogen-bond acceptors (Lipinski definition) is 2. The summed E-state index contributed by atoms with van der Waals surface area (Å²) in [4.78, 5) is 0. The topological polar surface area (TPSA) is 9.23 Å². The van der Waals surface area contributed by atoms with E-state index in [9.17, 15) is 0 Å². The van der Waals surface area contributed by atoms with Gasteiger partial charge in [-0.1, -0.05) is 39.0 Å². The fourth-order valence-corrected chi connectivity index (χ4v) is 1.24. The first-order valence-corrected chi connectivity index (χ1v) is 5.58. The minimum atomic E-state index is 0.0978. The molecule has 0 heterocycles. The van der Waals surface area contributed by atoms with Gasteiger partial charge in [-0.05, 0) is 13.3 Å². The number of unbranched alkanes of at least 4 members (excludes halogenated alkanes) is 5. The monoisotopic (exact) mass is 190 g/mol. The summed E-state index contributed by atoms with van der Waals surface area (Å²) in [6.45, 7) is 5.07. The van der Waals surface area contributed by atoms with E-state index in [4.69, 9.17) is 4.74 Å². The molecule has 0 aliphatic rings. The summed E-state index contributed by atoms with van der Waals surface area (Å²) in [5, 5.41) is 0. The lowest BCUT2D eigenvalue weighted by molar-refractivity contribution is 0.121. The van der Waals surface area contributed by atoms with Crippen molar-refractivity contribution in [2.45, 2.75) is 57.8 Å². The van der Waals surface area contributed by atoms with Crippen LogP contribution in [0, 0.1) is 0 Å². The molecule has 1 unspecified atom stereocenters. The molecule has 0 radical (unpaired) electrons. The van der Waals surface area contributed by atoms with E-state index in [1.54, 1.807) is 0 Å². The van der Waals surface area contributed by atoms with Crippen molar-refractivity contribution < 1.29 is 4.74 Å². The zero-order chi connectivity index (χ0) is 9.23. The molecular weight excluding hydrogens is 168 g/mol. The second-order valence-electron chi connectivity index (χ2n) is 3.24. The predicted octanol–water partition coefficient (Wildman–Crippen LogP) is 3.64. The van der Waals surface area contributed by atoms with Gasteiger partial charge in [0.05, 0.1) is 5.44 Å². The second kappa shape index (κ2) is 9.40. The van der Waals surface area contributed by atoms with E-state index in [1.165, 1.54) is 38.5 Å². The molecule has 2 heteroatoms. The fourth-order valence-electron chi connectivity index (χ4n) is 1.14. The van der Waals surface area contributed by atoms with Crippen LogP contribution < -0.4 is 0 Å². The van der Waals surface area contributed by atoms with Crippen molar-refractivity contribution in [2.24, 2.45) is 0 Å². The summed E-state index contributed by atoms with van der Waals surface area (Å²) in [7, 11) is 0. The van der Waals surface area contributed by atoms with Crippen molar-refractivity contribution in [3.8, 4) is 0 Å². The average molecular weight is 190 g/mol. The van der Waals surface area contributed by atoms with Gasteiger partial charge in [-0.15, -0.1) is 12.6 Å². The maximum Gasteiger partial charge on any atom is 0.0971 e. The van der Waals surface area contributed by atoms with E-state index < -0.39 is 0 Å². The molecule has 0 aromatic rings. The highest BCUT2D eigenvalue weighted by molar-refractivity contribution is 7.80. The van der Waals surface area contributed by atoms with Gasteiger partial charge < -0.3 is 4.74 Å². The highest BCUT2D eigenvalue weighted by Gasteiger charge is 1.93. The molecule has 0 saturated carbocycles. The molecule has 74 valence electrons. The smallest absolute Gasteiger partial charge is 0.0971 e. The van der Waals surface area contributed by atoms with Crippen molar-refractivity contribution in [2.75, 3.05) is 6.61 Å². The Hall–Kier alpha value is 0.310. The summed E-state index contributed by atoms with van der Waals surface area (Å²) in [6.07, 6.45) is 7.94. The molecule has 0 aromatic carbocycles. The molecule has 12 heavy (non-hydrogen) atoms. The van der Waals surface area contributed by atoms with Gasteiger partial charge in [0.15, 0.2) is 0 Å². The Balaban J connectivity index is 2.82. The van der Waals surface area contributed by atoms with Crippen LogP contribution >= 0.6 is 12.6 Å². The Morgan fingerprint density at radius 3 is 2.25 bits per heavy atom. The highest BCUT2D eigenvalue weighted by Crippen LogP contribution is 2.05. The van der Waals surface area contributed by atoms with E-state index in [0.29, 0.717) is 0 Å². The molecule has 0 N–H and O–H groups in total. The molecule has 0 saturated heterocycles. The van der Waals surface area contributed by atoms with Crippen molar-refractivity contribution in [1.82, 2.24) is 0 Å². The molecule has 1 nitrogen and oxygen atoms in total. The minimum absolute atomic E-state index is 0.0978. The molecule has 0 aliphatic heterocycles. The van der Waals surface area contributed by atoms with Gasteiger partial charge in [0.2, 0.25) is 0 Å². The maximum absolute atomic E-state index is 5.31. The van der Waals surface area contributed by atoms with Crippen LogP contribution in [-0.4, -0.2) is 12.0 Å². The maximum atomic E-state index is 5.31. The summed E-state index contributed by atoms with van der Waals surface area (Å²) in [5.41, 5.74) is 0.0978. The van der Waals surface area contributed by atoms with Gasteiger partial charge in [0, 0.05) is 6.61 Å². The zero-order valence-corrected chi connectivity index (χ0v) is 9.28. The van der Waals surface area contributed by atoms with Crippen molar-refractivity contribution in [3.05, 3.63) is 0 Å². The van der Waals surface area contributed by atoms with Crippen LogP contribution in [0.15, 0.2) is 0 Å². The molecule has 0 aliphatic carbocycles. The Bertz CT molecular complexity index is 83.9. The fraction of sp³-hybridized carbons (Fsp3) is 1.00. The van der Waals surface area contributed by atoms with Crippen LogP contribution in [0.3, 0.4) is 0 Å². The van der Waals surface area contributed by atoms with Gasteiger partial charge in [-0.2, -0.15) is 0 Å². The van der Waals surface area contributed by atoms with Crippen molar-refractivity contribution >= 4 is 12.6 Å². The summed E-state index contributed by atoms with van der Waals surface area (Å²) in [6, 6.07) is 0. The van der Waals surface area contributed by atoms with Gasteiger partial charge in [-0.25, -0.2) is 0 Å². The van der Waals surface area contributed by atoms with Gasteiger partial charge in [-0.3, -0.25) is 0 Å². The van der Waals surface area contributed by atoms with Gasteiger partial charge in [0.25, 0.3) is 0 Å². The van der Waals surface area contributed by atoms with Crippen molar-refractivity contribution in [1.29, 1.82) is 0 Å². The van der Waals surface area contributed by atoms with E-state index >= 15 is 0 Å². The molecule has 0 rings (SSSR count). The Morgan fingerprint density at radius 1 is 1.08 bits per heavy atom. The molecule has 1 atom stereocenters. The second-order valence-corrected chi connectivity index (χ2v) is 3.97. The Labute approximate surface area is 82.3 Å². The van der Waals surface area contributed by atoms with E-state index in [-0.39, 0.29) is 5.44 Å². The van der Waals surface area contributed by atoms with E-state index in [1.807, 2.05) is 6.92 Å². The Kier molecular flexibility index (Phi) is 9.64. The zero-order valence-electron chi connectivity index (χ0n) is 8.38. The largest absolute Gasteiger partial charge is 0.368 e. The number of thiol groups is 1. The third kappa shape index (κ3) is 10.3. The lowest BCUT2D eigenvalue weighted by Crippen LogP contribution is -2.00. The summed E-state index contributed by atoms with van der Waals surface area (Å²) < 4.78 is 5.31. The van der Waals surface area contributed by atoms with Crippen LogP contribution in [0.5, 0.6) is 0 Å². The first-order valence-electron chi connectivity index (χ1n) is 5.07. The molecule has 0 spiro atoms. The summed E-state index contributed by atoms with van der Waals surface area (Å²) >= 11 is 4.13. The molecule has 0 amide bonds. The average Bonchev–Trinajstić information content (AvgIpc) is 2.02. The molecule has 0 aromatic heterocycles. The normalized spacial score (nSPS) is 13.2. The van der Waals surface area contributed by atoms with E-state index in [0.717, 1.165) is 6.61 Å². The van der Waals surface area contributed by atoms with E-state index in [2.05, 4.69) is 19.6 Å². The van der Waals surface area contributed by atoms with Crippen LogP contribution in [-0.2, 0) is 4.74 Å². The number of ether oxygens (including phenoxy) is 1. The van der Waals surface area contributed by atoms with Crippen LogP contribution in [0.4, 0.5) is 0 Å². The minimum Gasteiger partial charge on any atom is -0.368 e. The molecule has 0 bridgehead atoms.